The highest BCUT2D eigenvalue weighted by molar-refractivity contribution is 5.84. The molecule has 2 unspecified atom stereocenters. The van der Waals surface area contributed by atoms with E-state index in [4.69, 9.17) is 15.9 Å². The molecular weight excluding hydrogens is 264 g/mol. The van der Waals surface area contributed by atoms with Gasteiger partial charge < -0.3 is 21.3 Å². The van der Waals surface area contributed by atoms with Gasteiger partial charge in [0.05, 0.1) is 0 Å². The highest BCUT2D eigenvalue weighted by Crippen LogP contribution is 2.14. The molecule has 0 heterocycles. The van der Waals surface area contributed by atoms with Crippen LogP contribution in [0.15, 0.2) is 0 Å². The van der Waals surface area contributed by atoms with Crippen LogP contribution in [0.25, 0.3) is 0 Å². The third-order valence-electron chi connectivity index (χ3n) is 2.89. The second-order valence-corrected chi connectivity index (χ2v) is 5.33. The fourth-order valence-corrected chi connectivity index (χ4v) is 1.97. The average molecular weight is 288 g/mol. The summed E-state index contributed by atoms with van der Waals surface area (Å²) in [5.74, 6) is -2.32. The van der Waals surface area contributed by atoms with E-state index < -0.39 is 23.9 Å². The Kier molecular flexibility index (Phi) is 8.54. The molecule has 1 amide bonds. The molecule has 0 rings (SSSR count). The number of nitrogens with two attached hydrogens (primary N) is 1. The normalized spacial score (nSPS) is 13.8. The van der Waals surface area contributed by atoms with Crippen molar-refractivity contribution in [1.29, 1.82) is 0 Å². The number of carboxylic acids is 2. The lowest BCUT2D eigenvalue weighted by molar-refractivity contribution is -0.143. The van der Waals surface area contributed by atoms with Gasteiger partial charge in [-0.25, -0.2) is 4.79 Å². The van der Waals surface area contributed by atoms with E-state index in [2.05, 4.69) is 5.32 Å². The summed E-state index contributed by atoms with van der Waals surface area (Å²) in [6, 6.07) is -1.17. The monoisotopic (exact) mass is 288 g/mol. The lowest BCUT2D eigenvalue weighted by Crippen LogP contribution is -2.42. The topological polar surface area (TPSA) is 130 Å². The molecule has 0 spiro atoms. The molecule has 0 saturated heterocycles. The first-order valence-electron chi connectivity index (χ1n) is 6.70. The van der Waals surface area contributed by atoms with E-state index in [1.807, 2.05) is 13.8 Å². The van der Waals surface area contributed by atoms with Crippen molar-refractivity contribution in [2.45, 2.75) is 45.6 Å². The van der Waals surface area contributed by atoms with Crippen LogP contribution in [0, 0.1) is 11.8 Å². The van der Waals surface area contributed by atoms with Gasteiger partial charge in [0.25, 0.3) is 0 Å². The molecule has 0 aliphatic heterocycles. The van der Waals surface area contributed by atoms with Crippen LogP contribution >= 0.6 is 0 Å². The molecule has 0 fully saturated rings. The minimum Gasteiger partial charge on any atom is -0.481 e. The number of hydrogen-bond acceptors (Lipinski definition) is 4. The van der Waals surface area contributed by atoms with Gasteiger partial charge >= 0.3 is 11.9 Å². The molecule has 5 N–H and O–H groups in total. The summed E-state index contributed by atoms with van der Waals surface area (Å²) in [6.07, 6.45) is 0.514. The maximum atomic E-state index is 11.8. The SMILES string of the molecule is CC(C)CC(CN)CC(=O)NC(CCC(=O)O)C(=O)O. The fraction of sp³-hybridized carbons (Fsp3) is 0.769. The van der Waals surface area contributed by atoms with E-state index >= 15 is 0 Å². The van der Waals surface area contributed by atoms with Crippen molar-refractivity contribution in [3.8, 4) is 0 Å². The Morgan fingerprint density at radius 1 is 1.20 bits per heavy atom. The Morgan fingerprint density at radius 2 is 1.80 bits per heavy atom. The summed E-state index contributed by atoms with van der Waals surface area (Å²) in [6.45, 7) is 4.40. The van der Waals surface area contributed by atoms with Crippen molar-refractivity contribution in [2.24, 2.45) is 17.6 Å². The molecule has 0 radical (unpaired) electrons. The summed E-state index contributed by atoms with van der Waals surface area (Å²) in [4.78, 5) is 33.2. The Labute approximate surface area is 118 Å². The predicted molar refractivity (Wildman–Crippen MR) is 73.1 cm³/mol. The van der Waals surface area contributed by atoms with Gasteiger partial charge in [-0.05, 0) is 31.2 Å². The molecule has 7 heteroatoms. The van der Waals surface area contributed by atoms with E-state index in [1.165, 1.54) is 0 Å². The van der Waals surface area contributed by atoms with Gasteiger partial charge in [-0.2, -0.15) is 0 Å². The van der Waals surface area contributed by atoms with Gasteiger partial charge in [0.15, 0.2) is 0 Å². The summed E-state index contributed by atoms with van der Waals surface area (Å²) < 4.78 is 0. The zero-order valence-electron chi connectivity index (χ0n) is 12.0. The van der Waals surface area contributed by atoms with Crippen LogP contribution in [0.5, 0.6) is 0 Å². The minimum absolute atomic E-state index is 0.00363. The number of carboxylic acid groups (broad SMARTS) is 2. The van der Waals surface area contributed by atoms with Crippen LogP contribution in [0.3, 0.4) is 0 Å². The summed E-state index contributed by atoms with van der Waals surface area (Å²) in [5, 5.41) is 19.8. The first kappa shape index (κ1) is 18.4. The van der Waals surface area contributed by atoms with Crippen LogP contribution in [0.4, 0.5) is 0 Å². The largest absolute Gasteiger partial charge is 0.481 e. The number of amides is 1. The quantitative estimate of drug-likeness (QED) is 0.461. The second-order valence-electron chi connectivity index (χ2n) is 5.33. The molecule has 2 atom stereocenters. The third kappa shape index (κ3) is 8.47. The van der Waals surface area contributed by atoms with E-state index in [9.17, 15) is 14.4 Å². The summed E-state index contributed by atoms with van der Waals surface area (Å²) in [5.41, 5.74) is 5.58. The molecule has 116 valence electrons. The highest BCUT2D eigenvalue weighted by atomic mass is 16.4. The number of aliphatic carboxylic acids is 2. The Balaban J connectivity index is 4.37. The molecule has 7 nitrogen and oxygen atoms in total. The third-order valence-corrected chi connectivity index (χ3v) is 2.89. The van der Waals surface area contributed by atoms with Crippen LogP contribution in [-0.2, 0) is 14.4 Å². The zero-order valence-corrected chi connectivity index (χ0v) is 12.0. The molecule has 0 aromatic heterocycles. The van der Waals surface area contributed by atoms with Crippen molar-refractivity contribution in [1.82, 2.24) is 5.32 Å². The van der Waals surface area contributed by atoms with Crippen molar-refractivity contribution in [3.05, 3.63) is 0 Å². The fourth-order valence-electron chi connectivity index (χ4n) is 1.97. The maximum absolute atomic E-state index is 11.8. The van der Waals surface area contributed by atoms with Crippen molar-refractivity contribution < 1.29 is 24.6 Å². The molecule has 0 aliphatic rings. The lowest BCUT2D eigenvalue weighted by Gasteiger charge is -2.19. The van der Waals surface area contributed by atoms with Crippen LogP contribution in [0.1, 0.15) is 39.5 Å². The van der Waals surface area contributed by atoms with Gasteiger partial charge in [0, 0.05) is 12.8 Å². The average Bonchev–Trinajstić information content (AvgIpc) is 2.32. The number of rotatable bonds is 10. The second kappa shape index (κ2) is 9.30. The first-order chi connectivity index (χ1) is 9.26. The highest BCUT2D eigenvalue weighted by Gasteiger charge is 2.22. The Morgan fingerprint density at radius 3 is 2.20 bits per heavy atom. The van der Waals surface area contributed by atoms with Gasteiger partial charge in [-0.1, -0.05) is 13.8 Å². The molecule has 0 aromatic rings. The number of carbonyl (C=O) groups excluding carboxylic acids is 1. The van der Waals surface area contributed by atoms with Gasteiger partial charge in [0.1, 0.15) is 6.04 Å². The standard InChI is InChI=1S/C13H24N2O5/c1-8(2)5-9(7-14)6-11(16)15-10(13(19)20)3-4-12(17)18/h8-10H,3-7,14H2,1-2H3,(H,15,16)(H,17,18)(H,19,20). The molecule has 0 saturated carbocycles. The van der Waals surface area contributed by atoms with Crippen LogP contribution in [-0.4, -0.2) is 40.6 Å². The van der Waals surface area contributed by atoms with Gasteiger partial charge in [0.2, 0.25) is 5.91 Å². The van der Waals surface area contributed by atoms with Crippen LogP contribution < -0.4 is 11.1 Å². The van der Waals surface area contributed by atoms with Crippen LogP contribution in [0.2, 0.25) is 0 Å². The van der Waals surface area contributed by atoms with Crippen molar-refractivity contribution in [2.75, 3.05) is 6.54 Å². The molecule has 0 bridgehead atoms. The maximum Gasteiger partial charge on any atom is 0.326 e. The Hall–Kier alpha value is -1.63. The van der Waals surface area contributed by atoms with Crippen molar-refractivity contribution >= 4 is 17.8 Å². The zero-order chi connectivity index (χ0) is 15.7. The Bertz CT molecular complexity index is 344. The lowest BCUT2D eigenvalue weighted by atomic mass is 9.94. The summed E-state index contributed by atoms with van der Waals surface area (Å²) >= 11 is 0. The number of nitrogens with one attached hydrogen (secondary N) is 1. The molecule has 0 aromatic carbocycles. The van der Waals surface area contributed by atoms with E-state index in [0.29, 0.717) is 12.5 Å². The molecular formula is C13H24N2O5. The molecule has 20 heavy (non-hydrogen) atoms. The molecule has 0 aliphatic carbocycles. The minimum atomic E-state index is -1.23. The predicted octanol–water partition coefficient (Wildman–Crippen LogP) is 0.432. The van der Waals surface area contributed by atoms with Crippen molar-refractivity contribution in [3.63, 3.8) is 0 Å². The van der Waals surface area contributed by atoms with E-state index in [-0.39, 0.29) is 25.2 Å². The smallest absolute Gasteiger partial charge is 0.326 e. The van der Waals surface area contributed by atoms with Gasteiger partial charge in [-0.15, -0.1) is 0 Å². The summed E-state index contributed by atoms with van der Waals surface area (Å²) in [7, 11) is 0. The number of carbonyl (C=O) groups is 3. The van der Waals surface area contributed by atoms with E-state index in [0.717, 1.165) is 6.42 Å². The van der Waals surface area contributed by atoms with Gasteiger partial charge in [-0.3, -0.25) is 9.59 Å². The van der Waals surface area contributed by atoms with E-state index in [1.54, 1.807) is 0 Å². The number of hydrogen-bond donors (Lipinski definition) is 4. The first-order valence-corrected chi connectivity index (χ1v) is 6.70.